The molecule has 4 N–H and O–H groups in total. The Kier molecular flexibility index (Phi) is 7.72. The van der Waals surface area contributed by atoms with Crippen LogP contribution in [0.1, 0.15) is 32.3 Å². The van der Waals surface area contributed by atoms with Crippen LogP contribution in [0, 0.1) is 5.92 Å². The van der Waals surface area contributed by atoms with Crippen LogP contribution in [0.3, 0.4) is 0 Å². The van der Waals surface area contributed by atoms with Crippen LogP contribution in [0.2, 0.25) is 0 Å². The molecule has 0 heterocycles. The van der Waals surface area contributed by atoms with E-state index in [1.165, 1.54) is 5.56 Å². The van der Waals surface area contributed by atoms with E-state index in [0.29, 0.717) is 12.5 Å². The van der Waals surface area contributed by atoms with Gasteiger partial charge in [-0.05, 0) is 37.3 Å². The predicted octanol–water partition coefficient (Wildman–Crippen LogP) is 1.94. The van der Waals surface area contributed by atoms with Crippen LogP contribution >= 0.6 is 0 Å². The minimum atomic E-state index is -0.445. The van der Waals surface area contributed by atoms with Crippen molar-refractivity contribution in [3.63, 3.8) is 0 Å². The summed E-state index contributed by atoms with van der Waals surface area (Å²) in [6, 6.07) is 10.3. The van der Waals surface area contributed by atoms with Gasteiger partial charge in [0.15, 0.2) is 0 Å². The van der Waals surface area contributed by atoms with Gasteiger partial charge in [-0.25, -0.2) is 0 Å². The summed E-state index contributed by atoms with van der Waals surface area (Å²) < 4.78 is 0. The van der Waals surface area contributed by atoms with Crippen molar-refractivity contribution in [2.24, 2.45) is 11.7 Å². The van der Waals surface area contributed by atoms with E-state index < -0.39 is 6.10 Å². The summed E-state index contributed by atoms with van der Waals surface area (Å²) >= 11 is 0. The fourth-order valence-electron chi connectivity index (χ4n) is 2.16. The lowest BCUT2D eigenvalue weighted by molar-refractivity contribution is 0.132. The quantitative estimate of drug-likeness (QED) is 0.597. The van der Waals surface area contributed by atoms with Crippen LogP contribution in [0.15, 0.2) is 30.3 Å². The molecule has 3 nitrogen and oxygen atoms in total. The van der Waals surface area contributed by atoms with E-state index in [0.717, 1.165) is 25.8 Å². The third-order valence-corrected chi connectivity index (χ3v) is 3.25. The first-order valence-electron chi connectivity index (χ1n) is 7.28. The second kappa shape index (κ2) is 9.08. The molecule has 108 valence electrons. The van der Waals surface area contributed by atoms with Crippen LogP contribution in [-0.4, -0.2) is 30.3 Å². The summed E-state index contributed by atoms with van der Waals surface area (Å²) in [6.45, 7) is 5.75. The summed E-state index contributed by atoms with van der Waals surface area (Å²) in [5.41, 5.74) is 7.30. The smallest absolute Gasteiger partial charge is 0.0815 e. The zero-order valence-electron chi connectivity index (χ0n) is 12.2. The van der Waals surface area contributed by atoms with Crippen LogP contribution in [-0.2, 0) is 6.42 Å². The number of aliphatic hydroxyl groups excluding tert-OH is 1. The number of rotatable bonds is 9. The zero-order valence-corrected chi connectivity index (χ0v) is 12.2. The monoisotopic (exact) mass is 264 g/mol. The molecule has 0 aliphatic rings. The molecule has 1 unspecified atom stereocenters. The number of nitrogens with two attached hydrogens (primary N) is 1. The lowest BCUT2D eigenvalue weighted by atomic mass is 10.00. The number of benzene rings is 1. The summed E-state index contributed by atoms with van der Waals surface area (Å²) in [7, 11) is 0. The highest BCUT2D eigenvalue weighted by Crippen LogP contribution is 2.06. The molecule has 0 radical (unpaired) electrons. The van der Waals surface area contributed by atoms with Gasteiger partial charge in [-0.15, -0.1) is 0 Å². The van der Waals surface area contributed by atoms with Gasteiger partial charge in [-0.2, -0.15) is 0 Å². The second-order valence-electron chi connectivity index (χ2n) is 5.65. The van der Waals surface area contributed by atoms with Gasteiger partial charge in [0.25, 0.3) is 0 Å². The Bertz CT molecular complexity index is 327. The predicted molar refractivity (Wildman–Crippen MR) is 81.1 cm³/mol. The largest absolute Gasteiger partial charge is 0.390 e. The summed E-state index contributed by atoms with van der Waals surface area (Å²) in [5, 5.41) is 13.2. The van der Waals surface area contributed by atoms with Gasteiger partial charge in [-0.1, -0.05) is 44.2 Å². The van der Waals surface area contributed by atoms with Crippen LogP contribution in [0.25, 0.3) is 0 Å². The van der Waals surface area contributed by atoms with Crippen molar-refractivity contribution in [2.45, 2.75) is 45.3 Å². The van der Waals surface area contributed by atoms with E-state index >= 15 is 0 Å². The van der Waals surface area contributed by atoms with E-state index in [1.807, 2.05) is 6.07 Å². The van der Waals surface area contributed by atoms with Gasteiger partial charge in [-0.3, -0.25) is 0 Å². The second-order valence-corrected chi connectivity index (χ2v) is 5.65. The Hall–Kier alpha value is -0.900. The first-order valence-corrected chi connectivity index (χ1v) is 7.28. The highest BCUT2D eigenvalue weighted by Gasteiger charge is 2.15. The van der Waals surface area contributed by atoms with Crippen molar-refractivity contribution >= 4 is 0 Å². The van der Waals surface area contributed by atoms with Crippen LogP contribution in [0.4, 0.5) is 0 Å². The first kappa shape index (κ1) is 16.2. The average Bonchev–Trinajstić information content (AvgIpc) is 2.38. The van der Waals surface area contributed by atoms with Crippen molar-refractivity contribution in [2.75, 3.05) is 13.1 Å². The molecule has 0 saturated carbocycles. The van der Waals surface area contributed by atoms with Crippen LogP contribution in [0.5, 0.6) is 0 Å². The molecule has 0 amide bonds. The normalized spacial score (nSPS) is 14.6. The van der Waals surface area contributed by atoms with E-state index in [4.69, 9.17) is 5.73 Å². The van der Waals surface area contributed by atoms with Gasteiger partial charge in [0.2, 0.25) is 0 Å². The maximum Gasteiger partial charge on any atom is 0.0815 e. The first-order chi connectivity index (χ1) is 9.09. The summed E-state index contributed by atoms with van der Waals surface area (Å²) in [4.78, 5) is 0. The Labute approximate surface area is 117 Å². The maximum absolute atomic E-state index is 9.90. The fraction of sp³-hybridized carbons (Fsp3) is 0.625. The molecule has 1 rings (SSSR count). The number of aliphatic hydroxyl groups is 1. The molecule has 0 aliphatic heterocycles. The Morgan fingerprint density at radius 3 is 2.53 bits per heavy atom. The Morgan fingerprint density at radius 2 is 1.89 bits per heavy atom. The molecule has 0 bridgehead atoms. The topological polar surface area (TPSA) is 58.3 Å². The van der Waals surface area contributed by atoms with Crippen molar-refractivity contribution in [3.8, 4) is 0 Å². The zero-order chi connectivity index (χ0) is 14.1. The minimum Gasteiger partial charge on any atom is -0.390 e. The van der Waals surface area contributed by atoms with E-state index in [2.05, 4.69) is 43.4 Å². The number of aryl methyl sites for hydroxylation is 1. The molecule has 1 aromatic carbocycles. The SMILES string of the molecule is CC(C)C[C@H](N)C(O)CNCCCc1ccccc1. The molecule has 0 aromatic heterocycles. The summed E-state index contributed by atoms with van der Waals surface area (Å²) in [6.07, 6.45) is 2.57. The third-order valence-electron chi connectivity index (χ3n) is 3.25. The van der Waals surface area contributed by atoms with Crippen molar-refractivity contribution in [3.05, 3.63) is 35.9 Å². The average molecular weight is 264 g/mol. The van der Waals surface area contributed by atoms with Gasteiger partial charge in [0.1, 0.15) is 0 Å². The molecule has 0 aliphatic carbocycles. The van der Waals surface area contributed by atoms with Gasteiger partial charge in [0.05, 0.1) is 6.10 Å². The number of nitrogens with one attached hydrogen (secondary N) is 1. The highest BCUT2D eigenvalue weighted by atomic mass is 16.3. The minimum absolute atomic E-state index is 0.123. The molecular formula is C16H28N2O. The fourth-order valence-corrected chi connectivity index (χ4v) is 2.16. The number of hydrogen-bond donors (Lipinski definition) is 3. The van der Waals surface area contributed by atoms with Crippen LogP contribution < -0.4 is 11.1 Å². The van der Waals surface area contributed by atoms with Gasteiger partial charge in [0, 0.05) is 12.6 Å². The molecule has 0 fully saturated rings. The van der Waals surface area contributed by atoms with Gasteiger partial charge < -0.3 is 16.2 Å². The maximum atomic E-state index is 9.90. The molecule has 1 aromatic rings. The molecule has 19 heavy (non-hydrogen) atoms. The molecule has 0 saturated heterocycles. The standard InChI is InChI=1S/C16H28N2O/c1-13(2)11-15(17)16(19)12-18-10-6-9-14-7-4-3-5-8-14/h3-5,7-8,13,15-16,18-19H,6,9-12,17H2,1-2H3/t15-,16?/m0/s1. The van der Waals surface area contributed by atoms with Crippen molar-refractivity contribution in [1.82, 2.24) is 5.32 Å². The summed E-state index contributed by atoms with van der Waals surface area (Å²) in [5.74, 6) is 0.530. The molecule has 3 heteroatoms. The van der Waals surface area contributed by atoms with Gasteiger partial charge >= 0.3 is 0 Å². The third kappa shape index (κ3) is 7.31. The van der Waals surface area contributed by atoms with E-state index in [9.17, 15) is 5.11 Å². The number of hydrogen-bond acceptors (Lipinski definition) is 3. The molecular weight excluding hydrogens is 236 g/mol. The lowest BCUT2D eigenvalue weighted by Gasteiger charge is -2.20. The van der Waals surface area contributed by atoms with E-state index in [1.54, 1.807) is 0 Å². The molecule has 2 atom stereocenters. The van der Waals surface area contributed by atoms with Crippen molar-refractivity contribution < 1.29 is 5.11 Å². The molecule has 0 spiro atoms. The highest BCUT2D eigenvalue weighted by molar-refractivity contribution is 5.14. The Balaban J connectivity index is 2.07. The van der Waals surface area contributed by atoms with E-state index in [-0.39, 0.29) is 6.04 Å². The lowest BCUT2D eigenvalue weighted by Crippen LogP contribution is -2.42. The van der Waals surface area contributed by atoms with Crippen molar-refractivity contribution in [1.29, 1.82) is 0 Å². The Morgan fingerprint density at radius 1 is 1.21 bits per heavy atom.